The number of hydrogen-bond donors (Lipinski definition) is 1. The topological polar surface area (TPSA) is 58.4 Å². The van der Waals surface area contributed by atoms with Crippen molar-refractivity contribution in [1.82, 2.24) is 9.55 Å². The van der Waals surface area contributed by atoms with E-state index in [9.17, 15) is 27.5 Å². The number of nitrogens with zero attached hydrogens (tertiary/aromatic N) is 3. The van der Waals surface area contributed by atoms with Crippen LogP contribution in [0, 0.1) is 0 Å². The molecular formula is C20H23F4N3O2. The molecule has 1 amide bonds. The lowest BCUT2D eigenvalue weighted by Crippen LogP contribution is -2.49. The zero-order valence-electron chi connectivity index (χ0n) is 16.0. The molecule has 2 heterocycles. The van der Waals surface area contributed by atoms with E-state index in [1.807, 2.05) is 0 Å². The highest BCUT2D eigenvalue weighted by Crippen LogP contribution is 2.44. The lowest BCUT2D eigenvalue weighted by molar-refractivity contribution is -0.285. The molecule has 0 fully saturated rings. The quantitative estimate of drug-likeness (QED) is 0.760. The lowest BCUT2D eigenvalue weighted by atomic mass is 9.87. The molecule has 0 bridgehead atoms. The van der Waals surface area contributed by atoms with Crippen LogP contribution >= 0.6 is 0 Å². The minimum absolute atomic E-state index is 0.153. The first kappa shape index (κ1) is 21.3. The van der Waals surface area contributed by atoms with Crippen molar-refractivity contribution in [3.8, 4) is 0 Å². The highest BCUT2D eigenvalue weighted by Gasteiger charge is 2.59. The number of hydrogen-bond acceptors (Lipinski definition) is 3. The number of aliphatic hydroxyl groups is 1. The van der Waals surface area contributed by atoms with Gasteiger partial charge in [-0.15, -0.1) is 0 Å². The van der Waals surface area contributed by atoms with Gasteiger partial charge in [-0.2, -0.15) is 13.2 Å². The Hall–Kier alpha value is -2.42. The maximum absolute atomic E-state index is 13.8. The van der Waals surface area contributed by atoms with Crippen LogP contribution in [0.2, 0.25) is 0 Å². The molecule has 2 unspecified atom stereocenters. The molecule has 0 saturated carbocycles. The average Bonchev–Trinajstić information content (AvgIpc) is 3.09. The molecule has 1 aromatic carbocycles. The van der Waals surface area contributed by atoms with E-state index in [0.717, 1.165) is 6.07 Å². The number of anilines is 1. The van der Waals surface area contributed by atoms with Gasteiger partial charge in [0.25, 0.3) is 0 Å². The summed E-state index contributed by atoms with van der Waals surface area (Å²) in [6.07, 6.45) is -0.714. The van der Waals surface area contributed by atoms with Gasteiger partial charge < -0.3 is 14.6 Å². The predicted molar refractivity (Wildman–Crippen MR) is 99.1 cm³/mol. The van der Waals surface area contributed by atoms with Crippen LogP contribution in [0.5, 0.6) is 0 Å². The number of rotatable bonds is 5. The second-order valence-electron chi connectivity index (χ2n) is 7.28. The number of carbonyl (C=O) groups excluding carboxylic acids is 1. The molecule has 2 atom stereocenters. The van der Waals surface area contributed by atoms with Crippen molar-refractivity contribution in [3.05, 3.63) is 48.0 Å². The van der Waals surface area contributed by atoms with Gasteiger partial charge in [0.1, 0.15) is 6.17 Å². The molecule has 0 aliphatic carbocycles. The van der Waals surface area contributed by atoms with E-state index >= 15 is 0 Å². The Balaban J connectivity index is 1.90. The Morgan fingerprint density at radius 2 is 2.07 bits per heavy atom. The van der Waals surface area contributed by atoms with Crippen LogP contribution in [0.15, 0.2) is 36.9 Å². The van der Waals surface area contributed by atoms with Crippen molar-refractivity contribution in [2.45, 2.75) is 57.1 Å². The Morgan fingerprint density at radius 3 is 2.69 bits per heavy atom. The van der Waals surface area contributed by atoms with Crippen LogP contribution in [0.3, 0.4) is 0 Å². The van der Waals surface area contributed by atoms with Crippen LogP contribution in [-0.4, -0.2) is 39.5 Å². The van der Waals surface area contributed by atoms with Gasteiger partial charge in [0.05, 0.1) is 6.33 Å². The van der Waals surface area contributed by atoms with Crippen molar-refractivity contribution in [2.75, 3.05) is 11.4 Å². The van der Waals surface area contributed by atoms with Crippen molar-refractivity contribution in [3.63, 3.8) is 0 Å². The second-order valence-corrected chi connectivity index (χ2v) is 7.28. The fraction of sp³-hybridized carbons (Fsp3) is 0.500. The number of benzene rings is 1. The summed E-state index contributed by atoms with van der Waals surface area (Å²) >= 11 is 0. The van der Waals surface area contributed by atoms with Crippen LogP contribution in [-0.2, 0) is 23.4 Å². The highest BCUT2D eigenvalue weighted by molar-refractivity contribution is 5.94. The van der Waals surface area contributed by atoms with E-state index < -0.39 is 23.5 Å². The Kier molecular flexibility index (Phi) is 5.97. The molecule has 1 aliphatic heterocycles. The molecule has 5 nitrogen and oxygen atoms in total. The molecule has 1 N–H and O–H groups in total. The minimum Gasteiger partial charge on any atom is -0.374 e. The summed E-state index contributed by atoms with van der Waals surface area (Å²) in [7, 11) is 0. The first-order chi connectivity index (χ1) is 13.6. The third kappa shape index (κ3) is 4.14. The number of amides is 1. The number of aromatic nitrogens is 2. The predicted octanol–water partition coefficient (Wildman–Crippen LogP) is 3.75. The van der Waals surface area contributed by atoms with Crippen LogP contribution in [0.1, 0.15) is 37.3 Å². The summed E-state index contributed by atoms with van der Waals surface area (Å²) in [6.45, 7) is 1.58. The van der Waals surface area contributed by atoms with Gasteiger partial charge in [0, 0.05) is 37.6 Å². The standard InChI is InChI=1S/C20H23F4N3O2/c1-14(21)19(29,20(22,23)24)16-5-6-17-15(12-16)4-2-3-9-27(17)18(28)7-10-26-11-8-25-13-26/h5-6,8,11-14,29H,2-4,7,9-10H2,1H3. The first-order valence-corrected chi connectivity index (χ1v) is 9.47. The smallest absolute Gasteiger partial charge is 0.374 e. The van der Waals surface area contributed by atoms with Gasteiger partial charge in [0.15, 0.2) is 0 Å². The van der Waals surface area contributed by atoms with Gasteiger partial charge in [-0.3, -0.25) is 4.79 Å². The van der Waals surface area contributed by atoms with E-state index in [1.165, 1.54) is 12.1 Å². The molecule has 0 saturated heterocycles. The number of halogens is 4. The molecule has 2 aromatic rings. The molecular weight excluding hydrogens is 390 g/mol. The summed E-state index contributed by atoms with van der Waals surface area (Å²) in [4.78, 5) is 18.2. The Bertz CT molecular complexity index is 852. The molecule has 158 valence electrons. The fourth-order valence-corrected chi connectivity index (χ4v) is 3.65. The zero-order chi connectivity index (χ0) is 21.2. The molecule has 9 heteroatoms. The lowest BCUT2D eigenvalue weighted by Gasteiger charge is -2.33. The van der Waals surface area contributed by atoms with Crippen molar-refractivity contribution >= 4 is 11.6 Å². The van der Waals surface area contributed by atoms with Crippen LogP contribution in [0.25, 0.3) is 0 Å². The summed E-state index contributed by atoms with van der Waals surface area (Å²) in [6, 6.07) is 3.62. The van der Waals surface area contributed by atoms with Gasteiger partial charge in [-0.1, -0.05) is 12.1 Å². The summed E-state index contributed by atoms with van der Waals surface area (Å²) in [5.74, 6) is -0.153. The van der Waals surface area contributed by atoms with Crippen molar-refractivity contribution in [1.29, 1.82) is 0 Å². The monoisotopic (exact) mass is 413 g/mol. The van der Waals surface area contributed by atoms with Gasteiger partial charge in [-0.05, 0) is 43.4 Å². The van der Waals surface area contributed by atoms with Crippen LogP contribution in [0.4, 0.5) is 23.2 Å². The van der Waals surface area contributed by atoms with E-state index in [2.05, 4.69) is 4.98 Å². The van der Waals surface area contributed by atoms with Gasteiger partial charge in [-0.25, -0.2) is 9.37 Å². The summed E-state index contributed by atoms with van der Waals surface area (Å²) < 4.78 is 55.9. The van der Waals surface area contributed by atoms with E-state index in [0.29, 0.717) is 50.5 Å². The zero-order valence-corrected chi connectivity index (χ0v) is 16.0. The molecule has 1 aliphatic rings. The third-order valence-corrected chi connectivity index (χ3v) is 5.34. The SMILES string of the molecule is CC(F)C(O)(c1ccc2c(c1)CCCCN2C(=O)CCn1ccnc1)C(F)(F)F. The average molecular weight is 413 g/mol. The van der Waals surface area contributed by atoms with Gasteiger partial charge in [0.2, 0.25) is 11.5 Å². The number of carbonyl (C=O) groups is 1. The van der Waals surface area contributed by atoms with Crippen LogP contribution < -0.4 is 4.90 Å². The van der Waals surface area contributed by atoms with E-state index in [4.69, 9.17) is 0 Å². The first-order valence-electron chi connectivity index (χ1n) is 9.47. The maximum atomic E-state index is 13.8. The molecule has 29 heavy (non-hydrogen) atoms. The summed E-state index contributed by atoms with van der Waals surface area (Å²) in [5, 5.41) is 10.1. The van der Waals surface area contributed by atoms with Crippen molar-refractivity contribution in [2.24, 2.45) is 0 Å². The molecule has 3 rings (SSSR count). The normalized spacial score (nSPS) is 17.9. The highest BCUT2D eigenvalue weighted by atomic mass is 19.4. The fourth-order valence-electron chi connectivity index (χ4n) is 3.65. The molecule has 1 aromatic heterocycles. The second kappa shape index (κ2) is 8.14. The number of aryl methyl sites for hydroxylation is 2. The Morgan fingerprint density at radius 1 is 1.31 bits per heavy atom. The summed E-state index contributed by atoms with van der Waals surface area (Å²) in [5.41, 5.74) is -3.13. The minimum atomic E-state index is -5.17. The Labute approximate surface area is 166 Å². The number of imidazole rings is 1. The molecule has 0 radical (unpaired) electrons. The maximum Gasteiger partial charge on any atom is 0.424 e. The van der Waals surface area contributed by atoms with E-state index in [1.54, 1.807) is 28.2 Å². The third-order valence-electron chi connectivity index (χ3n) is 5.34. The molecule has 0 spiro atoms. The number of fused-ring (bicyclic) bond motifs is 1. The largest absolute Gasteiger partial charge is 0.424 e. The number of alkyl halides is 4. The van der Waals surface area contributed by atoms with Crippen molar-refractivity contribution < 1.29 is 27.5 Å². The van der Waals surface area contributed by atoms with E-state index in [-0.39, 0.29) is 12.3 Å². The van der Waals surface area contributed by atoms with Gasteiger partial charge >= 0.3 is 6.18 Å².